The van der Waals surface area contributed by atoms with Crippen LogP contribution in [0.15, 0.2) is 41.3 Å². The van der Waals surface area contributed by atoms with Crippen molar-refractivity contribution in [1.82, 2.24) is 4.57 Å². The minimum atomic E-state index is -0.634. The Morgan fingerprint density at radius 2 is 2.00 bits per heavy atom. The lowest BCUT2D eigenvalue weighted by Gasteiger charge is -2.07. The fraction of sp³-hybridized carbons (Fsp3) is 0. The number of para-hydroxylation sites is 1. The molecule has 0 aliphatic heterocycles. The van der Waals surface area contributed by atoms with Gasteiger partial charge in [0.15, 0.2) is 0 Å². The molecular formula is C12H6ClFN2O. The lowest BCUT2D eigenvalue weighted by atomic mass is 10.2. The molecule has 0 amide bonds. The molecule has 0 N–H and O–H groups in total. The van der Waals surface area contributed by atoms with E-state index >= 15 is 0 Å². The van der Waals surface area contributed by atoms with Crippen molar-refractivity contribution >= 4 is 11.6 Å². The van der Waals surface area contributed by atoms with Gasteiger partial charge in [0.05, 0.1) is 10.7 Å². The summed E-state index contributed by atoms with van der Waals surface area (Å²) in [6, 6.07) is 8.90. The fourth-order valence-electron chi connectivity index (χ4n) is 1.45. The molecule has 0 aliphatic rings. The third-order valence-corrected chi connectivity index (χ3v) is 2.58. The third kappa shape index (κ3) is 1.93. The molecule has 3 nitrogen and oxygen atoms in total. The van der Waals surface area contributed by atoms with E-state index in [2.05, 4.69) is 0 Å². The Morgan fingerprint density at radius 1 is 1.29 bits per heavy atom. The highest BCUT2D eigenvalue weighted by atomic mass is 35.5. The summed E-state index contributed by atoms with van der Waals surface area (Å²) in [5.74, 6) is -0.541. The largest absolute Gasteiger partial charge is 0.280 e. The average molecular weight is 249 g/mol. The normalized spacial score (nSPS) is 9.94. The Hall–Kier alpha value is -2.12. The molecule has 0 saturated carbocycles. The van der Waals surface area contributed by atoms with Crippen molar-refractivity contribution < 1.29 is 4.39 Å². The van der Waals surface area contributed by atoms with Crippen LogP contribution in [0.3, 0.4) is 0 Å². The highest BCUT2D eigenvalue weighted by Crippen LogP contribution is 2.14. The van der Waals surface area contributed by atoms with Crippen LogP contribution in [0.4, 0.5) is 4.39 Å². The van der Waals surface area contributed by atoms with E-state index in [0.29, 0.717) is 0 Å². The average Bonchev–Trinajstić information content (AvgIpc) is 2.31. The minimum Gasteiger partial charge on any atom is -0.280 e. The molecule has 5 heteroatoms. The number of hydrogen-bond acceptors (Lipinski definition) is 2. The van der Waals surface area contributed by atoms with Crippen molar-refractivity contribution in [2.45, 2.75) is 0 Å². The number of nitrogens with zero attached hydrogens (tertiary/aromatic N) is 2. The SMILES string of the molecule is N#Cc1c(Cl)ccn(-c2ccccc2F)c1=O. The van der Waals surface area contributed by atoms with Crippen LogP contribution in [0, 0.1) is 17.1 Å². The number of hydrogen-bond donors (Lipinski definition) is 0. The Bertz CT molecular complexity index is 673. The zero-order chi connectivity index (χ0) is 12.4. The molecule has 0 fully saturated rings. The first-order chi connectivity index (χ1) is 8.15. The molecule has 1 aromatic carbocycles. The molecule has 84 valence electrons. The van der Waals surface area contributed by atoms with Crippen molar-refractivity contribution in [3.63, 3.8) is 0 Å². The second kappa shape index (κ2) is 4.40. The van der Waals surface area contributed by atoms with Gasteiger partial charge in [-0.1, -0.05) is 23.7 Å². The third-order valence-electron chi connectivity index (χ3n) is 2.27. The van der Waals surface area contributed by atoms with Crippen molar-refractivity contribution in [2.75, 3.05) is 0 Å². The van der Waals surface area contributed by atoms with Gasteiger partial charge in [0, 0.05) is 6.20 Å². The van der Waals surface area contributed by atoms with Crippen LogP contribution in [-0.4, -0.2) is 4.57 Å². The number of halogens is 2. The van der Waals surface area contributed by atoms with Crippen molar-refractivity contribution in [3.05, 3.63) is 63.3 Å². The van der Waals surface area contributed by atoms with Gasteiger partial charge in [-0.2, -0.15) is 5.26 Å². The van der Waals surface area contributed by atoms with Crippen LogP contribution in [-0.2, 0) is 0 Å². The van der Waals surface area contributed by atoms with Gasteiger partial charge in [0.25, 0.3) is 5.56 Å². The Morgan fingerprint density at radius 3 is 2.65 bits per heavy atom. The minimum absolute atomic E-state index is 0.0603. The molecule has 0 unspecified atom stereocenters. The van der Waals surface area contributed by atoms with Crippen LogP contribution in [0.5, 0.6) is 0 Å². The van der Waals surface area contributed by atoms with E-state index in [9.17, 15) is 9.18 Å². The maximum absolute atomic E-state index is 13.5. The first-order valence-corrected chi connectivity index (χ1v) is 5.09. The van der Waals surface area contributed by atoms with Crippen molar-refractivity contribution in [1.29, 1.82) is 5.26 Å². The maximum Gasteiger partial charge on any atom is 0.274 e. The Labute approximate surface area is 101 Å². The molecule has 0 aliphatic carbocycles. The summed E-state index contributed by atoms with van der Waals surface area (Å²) < 4.78 is 14.6. The molecule has 1 heterocycles. The maximum atomic E-state index is 13.5. The molecule has 0 spiro atoms. The molecule has 0 atom stereocenters. The van der Waals surface area contributed by atoms with Crippen molar-refractivity contribution in [3.8, 4) is 11.8 Å². The molecule has 17 heavy (non-hydrogen) atoms. The number of rotatable bonds is 1. The Balaban J connectivity index is 2.76. The fourth-order valence-corrected chi connectivity index (χ4v) is 1.63. The smallest absolute Gasteiger partial charge is 0.274 e. The van der Waals surface area contributed by atoms with Crippen LogP contribution >= 0.6 is 11.6 Å². The zero-order valence-electron chi connectivity index (χ0n) is 8.52. The van der Waals surface area contributed by atoms with E-state index < -0.39 is 11.4 Å². The summed E-state index contributed by atoms with van der Waals surface area (Å²) in [4.78, 5) is 11.9. The molecule has 2 rings (SSSR count). The molecular weight excluding hydrogens is 243 g/mol. The van der Waals surface area contributed by atoms with E-state index in [-0.39, 0.29) is 16.3 Å². The highest BCUT2D eigenvalue weighted by Gasteiger charge is 2.11. The predicted octanol–water partition coefficient (Wildman–Crippen LogP) is 2.50. The van der Waals surface area contributed by atoms with Gasteiger partial charge in [-0.3, -0.25) is 9.36 Å². The van der Waals surface area contributed by atoms with Gasteiger partial charge in [-0.05, 0) is 18.2 Å². The summed E-state index contributed by atoms with van der Waals surface area (Å²) >= 11 is 5.70. The molecule has 0 radical (unpaired) electrons. The first kappa shape index (κ1) is 11.4. The predicted molar refractivity (Wildman–Crippen MR) is 61.7 cm³/mol. The molecule has 1 aromatic heterocycles. The van der Waals surface area contributed by atoms with E-state index in [1.807, 2.05) is 0 Å². The monoisotopic (exact) mass is 248 g/mol. The number of benzene rings is 1. The van der Waals surface area contributed by atoms with Gasteiger partial charge in [-0.25, -0.2) is 4.39 Å². The van der Waals surface area contributed by atoms with E-state index in [4.69, 9.17) is 16.9 Å². The van der Waals surface area contributed by atoms with Gasteiger partial charge in [-0.15, -0.1) is 0 Å². The lowest BCUT2D eigenvalue weighted by Crippen LogP contribution is -2.21. The van der Waals surface area contributed by atoms with Gasteiger partial charge in [0.2, 0.25) is 0 Å². The van der Waals surface area contributed by atoms with Gasteiger partial charge >= 0.3 is 0 Å². The molecule has 0 bridgehead atoms. The molecule has 2 aromatic rings. The second-order valence-corrected chi connectivity index (χ2v) is 3.68. The lowest BCUT2D eigenvalue weighted by molar-refractivity contribution is 0.616. The zero-order valence-corrected chi connectivity index (χ0v) is 9.28. The Kier molecular flexibility index (Phi) is 2.94. The quantitative estimate of drug-likeness (QED) is 0.778. The van der Waals surface area contributed by atoms with Crippen LogP contribution < -0.4 is 5.56 Å². The summed E-state index contributed by atoms with van der Waals surface area (Å²) in [6.07, 6.45) is 1.34. The van der Waals surface area contributed by atoms with Crippen LogP contribution in [0.25, 0.3) is 5.69 Å². The van der Waals surface area contributed by atoms with E-state index in [0.717, 1.165) is 4.57 Å². The summed E-state index contributed by atoms with van der Waals surface area (Å²) in [5.41, 5.74) is -0.742. The summed E-state index contributed by atoms with van der Waals surface area (Å²) in [5, 5.41) is 8.86. The topological polar surface area (TPSA) is 45.8 Å². The number of pyridine rings is 1. The van der Waals surface area contributed by atoms with Crippen LogP contribution in [0.1, 0.15) is 5.56 Å². The number of nitriles is 1. The highest BCUT2D eigenvalue weighted by molar-refractivity contribution is 6.31. The van der Waals surface area contributed by atoms with Gasteiger partial charge in [0.1, 0.15) is 17.4 Å². The first-order valence-electron chi connectivity index (χ1n) is 4.71. The van der Waals surface area contributed by atoms with E-state index in [1.165, 1.54) is 30.5 Å². The van der Waals surface area contributed by atoms with Gasteiger partial charge < -0.3 is 0 Å². The summed E-state index contributed by atoms with van der Waals surface area (Å²) in [7, 11) is 0. The van der Waals surface area contributed by atoms with Crippen molar-refractivity contribution in [2.24, 2.45) is 0 Å². The molecule has 0 saturated heterocycles. The second-order valence-electron chi connectivity index (χ2n) is 3.28. The summed E-state index contributed by atoms with van der Waals surface area (Å²) in [6.45, 7) is 0. The standard InChI is InChI=1S/C12H6ClFN2O/c13-9-5-6-16(12(17)8(9)7-15)11-4-2-1-3-10(11)14/h1-6H. The van der Waals surface area contributed by atoms with E-state index in [1.54, 1.807) is 12.1 Å². The van der Waals surface area contributed by atoms with Crippen LogP contribution in [0.2, 0.25) is 5.02 Å². The number of aromatic nitrogens is 1.